The molecule has 72 valence electrons. The number of hydrogen-bond donors (Lipinski definition) is 1. The summed E-state index contributed by atoms with van der Waals surface area (Å²) < 4.78 is 17.4. The molecular weight excluding hydrogens is 169 g/mol. The molecule has 0 aliphatic rings. The average Bonchev–Trinajstić information content (AvgIpc) is 2.16. The first-order chi connectivity index (χ1) is 6.19. The minimum absolute atomic E-state index is 0.138. The summed E-state index contributed by atoms with van der Waals surface area (Å²) in [5.74, 6) is 0.715. The van der Waals surface area contributed by atoms with Crippen molar-refractivity contribution >= 4 is 0 Å². The number of nitrogens with two attached hydrogens (primary N) is 1. The summed E-state index contributed by atoms with van der Waals surface area (Å²) in [4.78, 5) is 0. The van der Waals surface area contributed by atoms with Crippen molar-refractivity contribution in [2.45, 2.75) is 19.6 Å². The number of alkyl halides is 1. The van der Waals surface area contributed by atoms with Crippen LogP contribution >= 0.6 is 0 Å². The molecule has 1 aromatic carbocycles. The molecule has 0 bridgehead atoms. The largest absolute Gasteiger partial charge is 0.496 e. The van der Waals surface area contributed by atoms with E-state index in [-0.39, 0.29) is 6.04 Å². The van der Waals surface area contributed by atoms with Crippen molar-refractivity contribution in [3.8, 4) is 5.75 Å². The number of rotatable bonds is 3. The molecule has 0 amide bonds. The van der Waals surface area contributed by atoms with Gasteiger partial charge in [-0.05, 0) is 24.6 Å². The van der Waals surface area contributed by atoms with E-state index in [2.05, 4.69) is 0 Å². The van der Waals surface area contributed by atoms with E-state index in [1.165, 1.54) is 0 Å². The predicted molar refractivity (Wildman–Crippen MR) is 50.4 cm³/mol. The Hall–Kier alpha value is -1.09. The zero-order chi connectivity index (χ0) is 9.84. The van der Waals surface area contributed by atoms with E-state index >= 15 is 0 Å². The molecule has 0 fully saturated rings. The molecule has 1 atom stereocenters. The molecule has 0 heterocycles. The Morgan fingerprint density at radius 1 is 1.54 bits per heavy atom. The lowest BCUT2D eigenvalue weighted by Gasteiger charge is -2.12. The van der Waals surface area contributed by atoms with Gasteiger partial charge in [0.25, 0.3) is 0 Å². The van der Waals surface area contributed by atoms with Crippen LogP contribution in [0.15, 0.2) is 18.2 Å². The first-order valence-electron chi connectivity index (χ1n) is 4.17. The van der Waals surface area contributed by atoms with Crippen LogP contribution in [0.1, 0.15) is 24.1 Å². The molecule has 0 saturated heterocycles. The molecule has 3 heteroatoms. The maximum Gasteiger partial charge on any atom is 0.123 e. The molecule has 0 saturated carbocycles. The molecule has 0 aromatic heterocycles. The second-order valence-corrected chi connectivity index (χ2v) is 3.00. The van der Waals surface area contributed by atoms with Gasteiger partial charge in [-0.3, -0.25) is 0 Å². The van der Waals surface area contributed by atoms with Crippen LogP contribution < -0.4 is 10.5 Å². The Morgan fingerprint density at radius 2 is 2.23 bits per heavy atom. The van der Waals surface area contributed by atoms with Crippen LogP contribution in [0.4, 0.5) is 4.39 Å². The van der Waals surface area contributed by atoms with Crippen LogP contribution in [0.25, 0.3) is 0 Å². The Kier molecular flexibility index (Phi) is 3.25. The number of halogens is 1. The highest BCUT2D eigenvalue weighted by Crippen LogP contribution is 2.24. The summed E-state index contributed by atoms with van der Waals surface area (Å²) >= 11 is 0. The van der Waals surface area contributed by atoms with Gasteiger partial charge >= 0.3 is 0 Å². The SMILES string of the molecule is COc1ccc(CF)cc1C(C)N. The second-order valence-electron chi connectivity index (χ2n) is 3.00. The van der Waals surface area contributed by atoms with Crippen molar-refractivity contribution in [3.05, 3.63) is 29.3 Å². The minimum atomic E-state index is -0.469. The lowest BCUT2D eigenvalue weighted by atomic mass is 10.1. The second kappa shape index (κ2) is 4.23. The molecule has 2 N–H and O–H groups in total. The molecule has 1 rings (SSSR count). The fraction of sp³-hybridized carbons (Fsp3) is 0.400. The zero-order valence-corrected chi connectivity index (χ0v) is 7.88. The summed E-state index contributed by atoms with van der Waals surface area (Å²) in [6.45, 7) is 1.38. The summed E-state index contributed by atoms with van der Waals surface area (Å²) in [6.07, 6.45) is 0. The molecule has 0 spiro atoms. The standard InChI is InChI=1S/C10H14FNO/c1-7(12)9-5-8(6-11)3-4-10(9)13-2/h3-5,7H,6,12H2,1-2H3. The molecule has 0 aliphatic carbocycles. The van der Waals surface area contributed by atoms with E-state index in [1.807, 2.05) is 6.92 Å². The molecule has 0 radical (unpaired) electrons. The highest BCUT2D eigenvalue weighted by molar-refractivity contribution is 5.38. The average molecular weight is 183 g/mol. The fourth-order valence-corrected chi connectivity index (χ4v) is 1.22. The van der Waals surface area contributed by atoms with Crippen LogP contribution in [0, 0.1) is 0 Å². The Labute approximate surface area is 77.5 Å². The maximum atomic E-state index is 12.3. The molecule has 1 aromatic rings. The van der Waals surface area contributed by atoms with Gasteiger partial charge in [-0.25, -0.2) is 4.39 Å². The maximum absolute atomic E-state index is 12.3. The van der Waals surface area contributed by atoms with Gasteiger partial charge in [0.05, 0.1) is 7.11 Å². The van der Waals surface area contributed by atoms with E-state index in [1.54, 1.807) is 25.3 Å². The van der Waals surface area contributed by atoms with Crippen LogP contribution in [0.3, 0.4) is 0 Å². The van der Waals surface area contributed by atoms with Crippen molar-refractivity contribution in [1.82, 2.24) is 0 Å². The normalized spacial score (nSPS) is 12.6. The van der Waals surface area contributed by atoms with Gasteiger partial charge in [0.1, 0.15) is 12.4 Å². The highest BCUT2D eigenvalue weighted by atomic mass is 19.1. The lowest BCUT2D eigenvalue weighted by Crippen LogP contribution is -2.07. The third kappa shape index (κ3) is 2.18. The van der Waals surface area contributed by atoms with Crippen LogP contribution in [-0.4, -0.2) is 7.11 Å². The van der Waals surface area contributed by atoms with Gasteiger partial charge < -0.3 is 10.5 Å². The number of hydrogen-bond acceptors (Lipinski definition) is 2. The topological polar surface area (TPSA) is 35.2 Å². The molecule has 1 unspecified atom stereocenters. The van der Waals surface area contributed by atoms with Crippen LogP contribution in [0.2, 0.25) is 0 Å². The predicted octanol–water partition coefficient (Wildman–Crippen LogP) is 2.18. The van der Waals surface area contributed by atoms with Crippen LogP contribution in [0.5, 0.6) is 5.75 Å². The van der Waals surface area contributed by atoms with Crippen molar-refractivity contribution in [2.75, 3.05) is 7.11 Å². The third-order valence-electron chi connectivity index (χ3n) is 1.94. The van der Waals surface area contributed by atoms with Crippen molar-refractivity contribution < 1.29 is 9.13 Å². The first-order valence-corrected chi connectivity index (χ1v) is 4.17. The number of benzene rings is 1. The summed E-state index contributed by atoms with van der Waals surface area (Å²) in [7, 11) is 1.58. The zero-order valence-electron chi connectivity index (χ0n) is 7.88. The van der Waals surface area contributed by atoms with E-state index in [0.29, 0.717) is 11.3 Å². The van der Waals surface area contributed by atoms with E-state index < -0.39 is 6.67 Å². The Balaban J connectivity index is 3.10. The molecule has 0 aliphatic heterocycles. The summed E-state index contributed by atoms with van der Waals surface area (Å²) in [5.41, 5.74) is 7.19. The Morgan fingerprint density at radius 3 is 2.69 bits per heavy atom. The summed E-state index contributed by atoms with van der Waals surface area (Å²) in [6, 6.07) is 5.04. The van der Waals surface area contributed by atoms with E-state index in [0.717, 1.165) is 5.56 Å². The minimum Gasteiger partial charge on any atom is -0.496 e. The van der Waals surface area contributed by atoms with Crippen molar-refractivity contribution in [2.24, 2.45) is 5.73 Å². The summed E-state index contributed by atoms with van der Waals surface area (Å²) in [5, 5.41) is 0. The quantitative estimate of drug-likeness (QED) is 0.779. The van der Waals surface area contributed by atoms with Crippen molar-refractivity contribution in [1.29, 1.82) is 0 Å². The van der Waals surface area contributed by atoms with Gasteiger partial charge in [-0.1, -0.05) is 6.07 Å². The fourth-order valence-electron chi connectivity index (χ4n) is 1.22. The van der Waals surface area contributed by atoms with Gasteiger partial charge in [-0.2, -0.15) is 0 Å². The van der Waals surface area contributed by atoms with Gasteiger partial charge in [0, 0.05) is 11.6 Å². The smallest absolute Gasteiger partial charge is 0.123 e. The van der Waals surface area contributed by atoms with Crippen LogP contribution in [-0.2, 0) is 6.67 Å². The van der Waals surface area contributed by atoms with E-state index in [4.69, 9.17) is 10.5 Å². The highest BCUT2D eigenvalue weighted by Gasteiger charge is 2.07. The number of methoxy groups -OCH3 is 1. The first kappa shape index (κ1) is 9.99. The van der Waals surface area contributed by atoms with Gasteiger partial charge in [0.15, 0.2) is 0 Å². The molecular formula is C10H14FNO. The lowest BCUT2D eigenvalue weighted by molar-refractivity contribution is 0.406. The number of ether oxygens (including phenoxy) is 1. The van der Waals surface area contributed by atoms with Crippen molar-refractivity contribution in [3.63, 3.8) is 0 Å². The monoisotopic (exact) mass is 183 g/mol. The Bertz CT molecular complexity index is 286. The molecule has 13 heavy (non-hydrogen) atoms. The van der Waals surface area contributed by atoms with Gasteiger partial charge in [-0.15, -0.1) is 0 Å². The van der Waals surface area contributed by atoms with E-state index in [9.17, 15) is 4.39 Å². The molecule has 2 nitrogen and oxygen atoms in total. The van der Waals surface area contributed by atoms with Gasteiger partial charge in [0.2, 0.25) is 0 Å². The third-order valence-corrected chi connectivity index (χ3v) is 1.94.